The molecule has 2 aromatic rings. The molecule has 2 aliphatic carbocycles. The van der Waals surface area contributed by atoms with Crippen LogP contribution < -0.4 is 0 Å². The van der Waals surface area contributed by atoms with E-state index in [1.807, 2.05) is 0 Å². The van der Waals surface area contributed by atoms with Gasteiger partial charge in [0.2, 0.25) is 0 Å². The number of hydrogen-bond acceptors (Lipinski definition) is 2. The Kier molecular flexibility index (Phi) is 8.54. The van der Waals surface area contributed by atoms with Crippen LogP contribution in [0.5, 0.6) is 0 Å². The van der Waals surface area contributed by atoms with Crippen molar-refractivity contribution >= 4 is 11.4 Å². The van der Waals surface area contributed by atoms with Crippen molar-refractivity contribution in [2.45, 2.75) is 90.9 Å². The lowest BCUT2D eigenvalue weighted by atomic mass is 9.80. The first-order chi connectivity index (χ1) is 15.6. The number of azo groups is 1. The van der Waals surface area contributed by atoms with Crippen molar-refractivity contribution in [1.82, 2.24) is 0 Å². The van der Waals surface area contributed by atoms with Crippen LogP contribution in [-0.2, 0) is 12.8 Å². The van der Waals surface area contributed by atoms with Gasteiger partial charge in [0, 0.05) is 0 Å². The van der Waals surface area contributed by atoms with Crippen molar-refractivity contribution in [2.24, 2.45) is 33.9 Å². The van der Waals surface area contributed by atoms with Crippen molar-refractivity contribution in [3.63, 3.8) is 0 Å². The summed E-state index contributed by atoms with van der Waals surface area (Å²) >= 11 is 0. The molecule has 0 unspecified atom stereocenters. The Bertz CT molecular complexity index is 749. The number of hydrogen-bond donors (Lipinski definition) is 0. The molecular weight excluding hydrogens is 388 g/mol. The Morgan fingerprint density at radius 2 is 0.875 bits per heavy atom. The maximum Gasteiger partial charge on any atom is 0.0857 e. The van der Waals surface area contributed by atoms with Gasteiger partial charge >= 0.3 is 0 Å². The molecule has 172 valence electrons. The second kappa shape index (κ2) is 11.8. The highest BCUT2D eigenvalue weighted by Crippen LogP contribution is 2.32. The Labute approximate surface area is 195 Å². The van der Waals surface area contributed by atoms with Crippen molar-refractivity contribution < 1.29 is 0 Å². The highest BCUT2D eigenvalue weighted by atomic mass is 15.1. The van der Waals surface area contributed by atoms with Gasteiger partial charge in [-0.3, -0.25) is 0 Å². The maximum atomic E-state index is 4.46. The van der Waals surface area contributed by atoms with Crippen LogP contribution in [0.2, 0.25) is 0 Å². The molecule has 0 amide bonds. The van der Waals surface area contributed by atoms with Crippen LogP contribution in [0.25, 0.3) is 0 Å². The molecule has 2 fully saturated rings. The van der Waals surface area contributed by atoms with Gasteiger partial charge in [0.25, 0.3) is 0 Å². The Morgan fingerprint density at radius 3 is 1.22 bits per heavy atom. The van der Waals surface area contributed by atoms with Crippen molar-refractivity contribution in [2.75, 3.05) is 0 Å². The number of benzene rings is 2. The predicted molar refractivity (Wildman–Crippen MR) is 136 cm³/mol. The smallest absolute Gasteiger partial charge is 0.0857 e. The zero-order chi connectivity index (χ0) is 22.2. The van der Waals surface area contributed by atoms with Gasteiger partial charge in [-0.05, 0) is 84.7 Å². The predicted octanol–water partition coefficient (Wildman–Crippen LogP) is 9.62. The summed E-state index contributed by atoms with van der Waals surface area (Å²) in [5.74, 6) is 3.75. The summed E-state index contributed by atoms with van der Waals surface area (Å²) in [5, 5.41) is 8.91. The van der Waals surface area contributed by atoms with Gasteiger partial charge in [-0.1, -0.05) is 89.5 Å². The van der Waals surface area contributed by atoms with E-state index in [0.717, 1.165) is 35.0 Å². The van der Waals surface area contributed by atoms with E-state index in [2.05, 4.69) is 72.6 Å². The van der Waals surface area contributed by atoms with Crippen LogP contribution >= 0.6 is 0 Å². The topological polar surface area (TPSA) is 24.7 Å². The molecule has 32 heavy (non-hydrogen) atoms. The summed E-state index contributed by atoms with van der Waals surface area (Å²) in [5.41, 5.74) is 4.74. The second-order valence-corrected chi connectivity index (χ2v) is 10.9. The molecule has 0 radical (unpaired) electrons. The molecule has 0 saturated heterocycles. The first-order valence-electron chi connectivity index (χ1n) is 13.2. The molecule has 0 atom stereocenters. The lowest BCUT2D eigenvalue weighted by Crippen LogP contribution is -2.12. The van der Waals surface area contributed by atoms with Gasteiger partial charge in [0.15, 0.2) is 0 Å². The van der Waals surface area contributed by atoms with E-state index in [1.54, 1.807) is 0 Å². The molecule has 0 bridgehead atoms. The third kappa shape index (κ3) is 7.29. The molecule has 2 aromatic carbocycles. The quantitative estimate of drug-likeness (QED) is 0.372. The molecule has 2 nitrogen and oxygen atoms in total. The van der Waals surface area contributed by atoms with Crippen LogP contribution in [0.3, 0.4) is 0 Å². The molecule has 0 N–H and O–H groups in total. The van der Waals surface area contributed by atoms with Gasteiger partial charge in [-0.2, -0.15) is 10.2 Å². The minimum absolute atomic E-state index is 0.930. The first kappa shape index (κ1) is 23.2. The van der Waals surface area contributed by atoms with E-state index in [0.29, 0.717) is 0 Å². The monoisotopic (exact) mass is 430 g/mol. The molecule has 0 spiro atoms. The molecule has 0 aliphatic heterocycles. The lowest BCUT2D eigenvalue weighted by Gasteiger charge is -2.26. The molecular formula is C30H42N2. The maximum absolute atomic E-state index is 4.46. The van der Waals surface area contributed by atoms with Gasteiger partial charge in [0.1, 0.15) is 0 Å². The van der Waals surface area contributed by atoms with Crippen LogP contribution in [0, 0.1) is 23.7 Å². The SMILES string of the molecule is CC1CCC(CCc2ccc(/N=N\c3ccc(CCC4CCC(C)CC4)cc3)cc2)CC1. The van der Waals surface area contributed by atoms with E-state index < -0.39 is 0 Å². The fourth-order valence-electron chi connectivity index (χ4n) is 5.55. The fourth-order valence-corrected chi connectivity index (χ4v) is 5.55. The molecule has 0 aromatic heterocycles. The lowest BCUT2D eigenvalue weighted by molar-refractivity contribution is 0.278. The van der Waals surface area contributed by atoms with Crippen LogP contribution in [-0.4, -0.2) is 0 Å². The fraction of sp³-hybridized carbons (Fsp3) is 0.600. The molecule has 0 heterocycles. The van der Waals surface area contributed by atoms with E-state index in [1.165, 1.54) is 88.2 Å². The number of rotatable bonds is 8. The Morgan fingerprint density at radius 1 is 0.531 bits per heavy atom. The Hall–Kier alpha value is -1.96. The van der Waals surface area contributed by atoms with Gasteiger partial charge in [-0.25, -0.2) is 0 Å². The third-order valence-corrected chi connectivity index (χ3v) is 8.11. The first-order valence-corrected chi connectivity index (χ1v) is 13.2. The normalized spacial score (nSPS) is 26.4. The van der Waals surface area contributed by atoms with E-state index in [9.17, 15) is 0 Å². The molecule has 2 aliphatic rings. The summed E-state index contributed by atoms with van der Waals surface area (Å²) in [6.45, 7) is 4.80. The van der Waals surface area contributed by atoms with Crippen molar-refractivity contribution in [3.05, 3.63) is 59.7 Å². The van der Waals surface area contributed by atoms with Crippen molar-refractivity contribution in [3.8, 4) is 0 Å². The number of nitrogens with zero attached hydrogens (tertiary/aromatic N) is 2. The summed E-state index contributed by atoms with van der Waals surface area (Å²) in [6.07, 6.45) is 16.4. The Balaban J connectivity index is 1.20. The van der Waals surface area contributed by atoms with Crippen molar-refractivity contribution in [1.29, 1.82) is 0 Å². The molecule has 2 saturated carbocycles. The minimum atomic E-state index is 0.930. The molecule has 4 rings (SSSR count). The van der Waals surface area contributed by atoms with Crippen LogP contribution in [0.1, 0.15) is 89.2 Å². The summed E-state index contributed by atoms with van der Waals surface area (Å²) in [6, 6.07) is 17.4. The zero-order valence-corrected chi connectivity index (χ0v) is 20.3. The third-order valence-electron chi connectivity index (χ3n) is 8.11. The van der Waals surface area contributed by atoms with Gasteiger partial charge in [0.05, 0.1) is 11.4 Å². The van der Waals surface area contributed by atoms with Gasteiger partial charge in [-0.15, -0.1) is 0 Å². The van der Waals surface area contributed by atoms with Crippen LogP contribution in [0.15, 0.2) is 58.8 Å². The minimum Gasteiger partial charge on any atom is -0.151 e. The standard InChI is InChI=1S/C30H42N2/c1-23-3-7-25(8-4-23)11-13-27-15-19-29(20-16-27)31-32-30-21-17-28(18-22-30)14-12-26-9-5-24(2)6-10-26/h15-26H,3-14H2,1-2H3/b32-31-. The average Bonchev–Trinajstić information content (AvgIpc) is 2.83. The summed E-state index contributed by atoms with van der Waals surface area (Å²) < 4.78 is 0. The molecule has 2 heteroatoms. The highest BCUT2D eigenvalue weighted by Gasteiger charge is 2.18. The summed E-state index contributed by atoms with van der Waals surface area (Å²) in [7, 11) is 0. The van der Waals surface area contributed by atoms with Crippen LogP contribution in [0.4, 0.5) is 11.4 Å². The summed E-state index contributed by atoms with van der Waals surface area (Å²) in [4.78, 5) is 0. The highest BCUT2D eigenvalue weighted by molar-refractivity contribution is 5.42. The second-order valence-electron chi connectivity index (χ2n) is 10.9. The zero-order valence-electron chi connectivity index (χ0n) is 20.3. The van der Waals surface area contributed by atoms with E-state index >= 15 is 0 Å². The van der Waals surface area contributed by atoms with E-state index in [-0.39, 0.29) is 0 Å². The average molecular weight is 431 g/mol. The van der Waals surface area contributed by atoms with Gasteiger partial charge < -0.3 is 0 Å². The number of aryl methyl sites for hydroxylation is 2. The van der Waals surface area contributed by atoms with E-state index in [4.69, 9.17) is 0 Å². The largest absolute Gasteiger partial charge is 0.151 e.